The van der Waals surface area contributed by atoms with Crippen molar-refractivity contribution >= 4 is 17.3 Å². The molecule has 0 saturated heterocycles. The lowest BCUT2D eigenvalue weighted by molar-refractivity contribution is -0.385. The highest BCUT2D eigenvalue weighted by atomic mass is 35.5. The topological polar surface area (TPSA) is 55.6 Å². The molecular weight excluding hydrogens is 256 g/mol. The van der Waals surface area contributed by atoms with Gasteiger partial charge in [0.05, 0.1) is 4.92 Å². The van der Waals surface area contributed by atoms with Crippen molar-refractivity contribution in [2.45, 2.75) is 19.4 Å². The Bertz CT molecular complexity index is 447. The molecule has 5 nitrogen and oxygen atoms in total. The maximum Gasteiger partial charge on any atom is 0.329 e. The van der Waals surface area contributed by atoms with Crippen LogP contribution in [0.1, 0.15) is 13.8 Å². The van der Waals surface area contributed by atoms with Gasteiger partial charge in [-0.05, 0) is 40.1 Å². The number of likely N-dealkylation sites (N-methyl/N-ethyl adjacent to an activating group) is 1. The molecule has 0 aliphatic carbocycles. The normalized spacial score (nSPS) is 11.7. The molecule has 100 valence electrons. The van der Waals surface area contributed by atoms with Gasteiger partial charge in [0.2, 0.25) is 0 Å². The number of halogens is 1. The molecule has 0 bridgehead atoms. The van der Waals surface area contributed by atoms with Crippen LogP contribution in [0.2, 0.25) is 5.02 Å². The van der Waals surface area contributed by atoms with Gasteiger partial charge in [-0.3, -0.25) is 10.1 Å². The van der Waals surface area contributed by atoms with Crippen molar-refractivity contribution in [1.29, 1.82) is 0 Å². The zero-order valence-corrected chi connectivity index (χ0v) is 11.7. The number of rotatable bonds is 5. The lowest BCUT2D eigenvalue weighted by Crippen LogP contribution is -2.43. The number of hydrogen-bond acceptors (Lipinski definition) is 4. The highest BCUT2D eigenvalue weighted by Crippen LogP contribution is 2.34. The van der Waals surface area contributed by atoms with E-state index in [9.17, 15) is 10.1 Å². The molecule has 0 aliphatic heterocycles. The minimum atomic E-state index is -0.527. The van der Waals surface area contributed by atoms with Gasteiger partial charge in [-0.15, -0.1) is 0 Å². The van der Waals surface area contributed by atoms with Crippen LogP contribution in [0.3, 0.4) is 0 Å². The fourth-order valence-corrected chi connectivity index (χ4v) is 1.41. The van der Waals surface area contributed by atoms with Gasteiger partial charge in [0.1, 0.15) is 11.6 Å². The van der Waals surface area contributed by atoms with E-state index in [1.165, 1.54) is 6.07 Å². The molecule has 18 heavy (non-hydrogen) atoms. The molecule has 6 heteroatoms. The van der Waals surface area contributed by atoms with E-state index in [0.29, 0.717) is 6.61 Å². The summed E-state index contributed by atoms with van der Waals surface area (Å²) in [6, 6.07) is 4.66. The van der Waals surface area contributed by atoms with E-state index < -0.39 is 4.92 Å². The molecule has 0 unspecified atom stereocenters. The van der Waals surface area contributed by atoms with Gasteiger partial charge in [0, 0.05) is 5.54 Å². The zero-order chi connectivity index (χ0) is 13.9. The highest BCUT2D eigenvalue weighted by molar-refractivity contribution is 6.32. The predicted octanol–water partition coefficient (Wildman–Crippen LogP) is 2.97. The first-order valence-corrected chi connectivity index (χ1v) is 5.86. The quantitative estimate of drug-likeness (QED) is 0.611. The molecule has 0 aliphatic rings. The summed E-state index contributed by atoms with van der Waals surface area (Å²) in [5.74, 6) is 0.197. The van der Waals surface area contributed by atoms with Gasteiger partial charge in [0.15, 0.2) is 5.75 Å². The van der Waals surface area contributed by atoms with Gasteiger partial charge in [-0.1, -0.05) is 17.7 Å². The molecule has 1 aromatic rings. The third kappa shape index (κ3) is 3.34. The maximum atomic E-state index is 10.9. The Morgan fingerprint density at radius 3 is 2.56 bits per heavy atom. The minimum Gasteiger partial charge on any atom is -0.485 e. The van der Waals surface area contributed by atoms with E-state index in [2.05, 4.69) is 0 Å². The molecule has 0 radical (unpaired) electrons. The molecule has 0 atom stereocenters. The first kappa shape index (κ1) is 14.7. The standard InChI is InChI=1S/C12H17ClN2O3/c1-12(2,14(3)4)8-18-10-7-5-6-9(13)11(10)15(16)17/h5-7H,8H2,1-4H3. The van der Waals surface area contributed by atoms with E-state index in [0.717, 1.165) is 0 Å². The Labute approximate surface area is 111 Å². The van der Waals surface area contributed by atoms with E-state index in [4.69, 9.17) is 16.3 Å². The molecule has 0 spiro atoms. The lowest BCUT2D eigenvalue weighted by Gasteiger charge is -2.32. The molecule has 1 aromatic carbocycles. The second-order valence-corrected chi connectivity index (χ2v) is 5.25. The molecule has 0 saturated carbocycles. The van der Waals surface area contributed by atoms with Crippen molar-refractivity contribution < 1.29 is 9.66 Å². The summed E-state index contributed by atoms with van der Waals surface area (Å²) >= 11 is 5.80. The van der Waals surface area contributed by atoms with E-state index >= 15 is 0 Å². The minimum absolute atomic E-state index is 0.0835. The van der Waals surface area contributed by atoms with Crippen molar-refractivity contribution in [3.63, 3.8) is 0 Å². The van der Waals surface area contributed by atoms with Crippen molar-refractivity contribution in [1.82, 2.24) is 4.90 Å². The predicted molar refractivity (Wildman–Crippen MR) is 71.4 cm³/mol. The number of nitro groups is 1. The fourth-order valence-electron chi connectivity index (χ4n) is 1.17. The smallest absolute Gasteiger partial charge is 0.329 e. The van der Waals surface area contributed by atoms with Gasteiger partial charge in [-0.2, -0.15) is 0 Å². The third-order valence-electron chi connectivity index (χ3n) is 2.92. The zero-order valence-electron chi connectivity index (χ0n) is 10.9. The number of para-hydroxylation sites is 1. The monoisotopic (exact) mass is 272 g/mol. The molecular formula is C12H17ClN2O3. The molecule has 0 aromatic heterocycles. The van der Waals surface area contributed by atoms with Crippen LogP contribution in [-0.2, 0) is 0 Å². The van der Waals surface area contributed by atoms with Crippen LogP contribution in [0.25, 0.3) is 0 Å². The van der Waals surface area contributed by atoms with E-state index in [1.807, 2.05) is 32.8 Å². The summed E-state index contributed by atoms with van der Waals surface area (Å²) < 4.78 is 5.54. The molecule has 0 fully saturated rings. The number of ether oxygens (including phenoxy) is 1. The Balaban J connectivity index is 2.92. The van der Waals surface area contributed by atoms with Crippen molar-refractivity contribution in [2.75, 3.05) is 20.7 Å². The Morgan fingerprint density at radius 2 is 2.06 bits per heavy atom. The SMILES string of the molecule is CN(C)C(C)(C)COc1cccc(Cl)c1[N+](=O)[O-]. The van der Waals surface area contributed by atoms with Gasteiger partial charge >= 0.3 is 5.69 Å². The summed E-state index contributed by atoms with van der Waals surface area (Å²) in [6.07, 6.45) is 0. The summed E-state index contributed by atoms with van der Waals surface area (Å²) in [5, 5.41) is 11.0. The summed E-state index contributed by atoms with van der Waals surface area (Å²) in [6.45, 7) is 4.31. The van der Waals surface area contributed by atoms with Gasteiger partial charge in [0.25, 0.3) is 0 Å². The Hall–Kier alpha value is -1.33. The van der Waals surface area contributed by atoms with Gasteiger partial charge in [-0.25, -0.2) is 0 Å². The number of nitro benzene ring substituents is 1. The lowest BCUT2D eigenvalue weighted by atomic mass is 10.1. The van der Waals surface area contributed by atoms with Crippen LogP contribution in [0, 0.1) is 10.1 Å². The fraction of sp³-hybridized carbons (Fsp3) is 0.500. The maximum absolute atomic E-state index is 10.9. The van der Waals surface area contributed by atoms with Crippen molar-refractivity contribution in [2.24, 2.45) is 0 Å². The highest BCUT2D eigenvalue weighted by Gasteiger charge is 2.25. The first-order chi connectivity index (χ1) is 8.25. The van der Waals surface area contributed by atoms with Crippen molar-refractivity contribution in [3.8, 4) is 5.75 Å². The Kier molecular flexibility index (Phi) is 4.53. The van der Waals surface area contributed by atoms with Crippen LogP contribution >= 0.6 is 11.6 Å². The third-order valence-corrected chi connectivity index (χ3v) is 3.23. The largest absolute Gasteiger partial charge is 0.485 e. The van der Waals surface area contributed by atoms with E-state index in [1.54, 1.807) is 12.1 Å². The summed E-state index contributed by atoms with van der Waals surface area (Å²) in [5.41, 5.74) is -0.412. The second kappa shape index (κ2) is 5.54. The van der Waals surface area contributed by atoms with Crippen LogP contribution in [-0.4, -0.2) is 36.1 Å². The van der Waals surface area contributed by atoms with Gasteiger partial charge < -0.3 is 9.64 Å². The van der Waals surface area contributed by atoms with Crippen LogP contribution in [0.5, 0.6) is 5.75 Å². The number of benzene rings is 1. The first-order valence-electron chi connectivity index (χ1n) is 5.49. The summed E-state index contributed by atoms with van der Waals surface area (Å²) in [7, 11) is 3.85. The van der Waals surface area contributed by atoms with Crippen molar-refractivity contribution in [3.05, 3.63) is 33.3 Å². The number of hydrogen-bond donors (Lipinski definition) is 0. The van der Waals surface area contributed by atoms with E-state index in [-0.39, 0.29) is 22.0 Å². The average Bonchev–Trinajstić information content (AvgIpc) is 2.25. The van der Waals surface area contributed by atoms with Crippen LogP contribution < -0.4 is 4.74 Å². The molecule has 0 amide bonds. The van der Waals surface area contributed by atoms with Crippen LogP contribution in [0.4, 0.5) is 5.69 Å². The molecule has 0 N–H and O–H groups in total. The average molecular weight is 273 g/mol. The molecule has 1 rings (SSSR count). The number of nitrogens with zero attached hydrogens (tertiary/aromatic N) is 2. The van der Waals surface area contributed by atoms with Crippen LogP contribution in [0.15, 0.2) is 18.2 Å². The Morgan fingerprint density at radius 1 is 1.44 bits per heavy atom. The second-order valence-electron chi connectivity index (χ2n) is 4.84. The molecule has 0 heterocycles. The summed E-state index contributed by atoms with van der Waals surface area (Å²) in [4.78, 5) is 12.4.